The minimum atomic E-state index is -1.45. The van der Waals surface area contributed by atoms with E-state index < -0.39 is 47.7 Å². The van der Waals surface area contributed by atoms with Gasteiger partial charge < -0.3 is 25.4 Å². The second kappa shape index (κ2) is 7.59. The zero-order chi connectivity index (χ0) is 18.7. The zero-order valence-corrected chi connectivity index (χ0v) is 13.3. The standard InChI is InChI=1S/C14H19N3O8/c1-6-5-17(14(24)16-12(6)23)13-11(22)10(21)7(25-13)4-15-8(18)2-3-9(19)20/h5,7,10-11,13,21-22H,2-4H2,1H3,(H,15,18)(H,19,20)(H,16,23,24)/t7-,10?,11+,13-/m1/s1. The number of aryl methyl sites for hydroxylation is 1. The topological polar surface area (TPSA) is 171 Å². The minimum absolute atomic E-state index is 0.176. The van der Waals surface area contributed by atoms with E-state index in [1.165, 1.54) is 13.1 Å². The van der Waals surface area contributed by atoms with Crippen LogP contribution in [0.5, 0.6) is 0 Å². The van der Waals surface area contributed by atoms with Crippen LogP contribution in [0, 0.1) is 6.92 Å². The molecule has 1 aliphatic rings. The number of aliphatic hydroxyl groups is 2. The molecular weight excluding hydrogens is 338 g/mol. The van der Waals surface area contributed by atoms with Crippen molar-refractivity contribution >= 4 is 11.9 Å². The normalized spacial score (nSPS) is 25.7. The maximum atomic E-state index is 11.9. The number of carboxylic acids is 1. The monoisotopic (exact) mass is 357 g/mol. The number of aliphatic carboxylic acids is 1. The van der Waals surface area contributed by atoms with Crippen LogP contribution in [0.1, 0.15) is 24.6 Å². The number of nitrogens with zero attached hydrogens (tertiary/aromatic N) is 1. The molecule has 2 rings (SSSR count). The third kappa shape index (κ3) is 4.32. The summed E-state index contributed by atoms with van der Waals surface area (Å²) in [5, 5.41) is 31.0. The Labute approximate surface area is 140 Å². The SMILES string of the molecule is Cc1cn([C@@H]2O[C@H](CNC(=O)CCC(=O)O)C(O)[C@@H]2O)c(=O)[nH]c1=O. The summed E-state index contributed by atoms with van der Waals surface area (Å²) in [6, 6.07) is 0. The van der Waals surface area contributed by atoms with Gasteiger partial charge in [-0.05, 0) is 6.92 Å². The van der Waals surface area contributed by atoms with E-state index >= 15 is 0 Å². The molecule has 1 unspecified atom stereocenters. The molecule has 0 aromatic carbocycles. The third-order valence-electron chi connectivity index (χ3n) is 3.82. The third-order valence-corrected chi connectivity index (χ3v) is 3.82. The summed E-state index contributed by atoms with van der Waals surface area (Å²) < 4.78 is 6.39. The quantitative estimate of drug-likeness (QED) is 0.370. The Morgan fingerprint density at radius 1 is 1.28 bits per heavy atom. The van der Waals surface area contributed by atoms with Gasteiger partial charge >= 0.3 is 11.7 Å². The Morgan fingerprint density at radius 3 is 2.60 bits per heavy atom. The van der Waals surface area contributed by atoms with Crippen LogP contribution in [0.15, 0.2) is 15.8 Å². The smallest absolute Gasteiger partial charge is 0.330 e. The second-order valence-corrected chi connectivity index (χ2v) is 5.72. The first-order valence-electron chi connectivity index (χ1n) is 7.53. The van der Waals surface area contributed by atoms with Gasteiger partial charge in [0.15, 0.2) is 6.23 Å². The highest BCUT2D eigenvalue weighted by Crippen LogP contribution is 2.28. The summed E-state index contributed by atoms with van der Waals surface area (Å²) in [4.78, 5) is 47.2. The Balaban J connectivity index is 2.05. The number of H-pyrrole nitrogens is 1. The number of aliphatic hydroxyl groups excluding tert-OH is 2. The molecule has 0 saturated carbocycles. The number of nitrogens with one attached hydrogen (secondary N) is 2. The number of carboxylic acid groups (broad SMARTS) is 1. The van der Waals surface area contributed by atoms with Crippen molar-refractivity contribution < 1.29 is 29.6 Å². The lowest BCUT2D eigenvalue weighted by Crippen LogP contribution is -2.40. The predicted octanol–water partition coefficient (Wildman–Crippen LogP) is -2.55. The molecule has 1 aromatic heterocycles. The van der Waals surface area contributed by atoms with Crippen LogP contribution in [0.2, 0.25) is 0 Å². The van der Waals surface area contributed by atoms with Gasteiger partial charge in [0.25, 0.3) is 5.56 Å². The molecule has 0 bridgehead atoms. The average molecular weight is 357 g/mol. The van der Waals surface area contributed by atoms with Gasteiger partial charge in [-0.3, -0.25) is 23.9 Å². The molecule has 1 fully saturated rings. The summed E-state index contributed by atoms with van der Waals surface area (Å²) in [6.45, 7) is 1.29. The lowest BCUT2D eigenvalue weighted by atomic mass is 10.1. The number of carbonyl (C=O) groups excluding carboxylic acids is 1. The van der Waals surface area contributed by atoms with Gasteiger partial charge in [0, 0.05) is 24.7 Å². The number of hydrogen-bond donors (Lipinski definition) is 5. The van der Waals surface area contributed by atoms with E-state index in [-0.39, 0.29) is 24.9 Å². The average Bonchev–Trinajstić information content (AvgIpc) is 2.82. The number of aromatic amines is 1. The highest BCUT2D eigenvalue weighted by atomic mass is 16.6. The molecule has 1 saturated heterocycles. The summed E-state index contributed by atoms with van der Waals surface area (Å²) in [5.41, 5.74) is -1.16. The van der Waals surface area contributed by atoms with Crippen molar-refractivity contribution in [3.63, 3.8) is 0 Å². The molecule has 1 amide bonds. The second-order valence-electron chi connectivity index (χ2n) is 5.72. The molecule has 138 valence electrons. The summed E-state index contributed by atoms with van der Waals surface area (Å²) in [6.07, 6.45) is -4.45. The van der Waals surface area contributed by atoms with E-state index in [9.17, 15) is 29.4 Å². The zero-order valence-electron chi connectivity index (χ0n) is 13.3. The number of rotatable bonds is 6. The van der Waals surface area contributed by atoms with Crippen molar-refractivity contribution in [3.8, 4) is 0 Å². The minimum Gasteiger partial charge on any atom is -0.481 e. The predicted molar refractivity (Wildman–Crippen MR) is 81.9 cm³/mol. The molecule has 11 nitrogen and oxygen atoms in total. The maximum Gasteiger partial charge on any atom is 0.330 e. The van der Waals surface area contributed by atoms with Crippen LogP contribution >= 0.6 is 0 Å². The van der Waals surface area contributed by atoms with E-state index in [0.29, 0.717) is 0 Å². The van der Waals surface area contributed by atoms with Gasteiger partial charge in [-0.2, -0.15) is 0 Å². The van der Waals surface area contributed by atoms with Crippen molar-refractivity contribution in [2.75, 3.05) is 6.54 Å². The van der Waals surface area contributed by atoms with Crippen molar-refractivity contribution in [2.45, 2.75) is 44.3 Å². The first kappa shape index (κ1) is 18.8. The van der Waals surface area contributed by atoms with Crippen molar-refractivity contribution in [1.29, 1.82) is 0 Å². The van der Waals surface area contributed by atoms with E-state index in [4.69, 9.17) is 9.84 Å². The number of hydrogen-bond acceptors (Lipinski definition) is 7. The largest absolute Gasteiger partial charge is 0.481 e. The van der Waals surface area contributed by atoms with E-state index in [0.717, 1.165) is 4.57 Å². The van der Waals surface area contributed by atoms with E-state index in [1.807, 2.05) is 0 Å². The Hall–Kier alpha value is -2.50. The fourth-order valence-electron chi connectivity index (χ4n) is 2.43. The highest BCUT2D eigenvalue weighted by molar-refractivity contribution is 5.80. The molecule has 2 heterocycles. The molecule has 5 N–H and O–H groups in total. The van der Waals surface area contributed by atoms with Crippen LogP contribution in [-0.4, -0.2) is 61.6 Å². The van der Waals surface area contributed by atoms with Crippen LogP contribution in [-0.2, 0) is 14.3 Å². The Bertz CT molecular complexity index is 770. The lowest BCUT2D eigenvalue weighted by molar-refractivity contribution is -0.138. The van der Waals surface area contributed by atoms with Crippen LogP contribution in [0.4, 0.5) is 0 Å². The first-order valence-corrected chi connectivity index (χ1v) is 7.53. The van der Waals surface area contributed by atoms with Crippen molar-refractivity contribution in [3.05, 3.63) is 32.6 Å². The van der Waals surface area contributed by atoms with Crippen molar-refractivity contribution in [2.24, 2.45) is 0 Å². The molecular formula is C14H19N3O8. The van der Waals surface area contributed by atoms with Crippen LogP contribution < -0.4 is 16.6 Å². The summed E-state index contributed by atoms with van der Waals surface area (Å²) in [7, 11) is 0. The Kier molecular flexibility index (Phi) is 5.72. The fraction of sp³-hybridized carbons (Fsp3) is 0.571. The molecule has 11 heteroatoms. The number of aromatic nitrogens is 2. The molecule has 0 spiro atoms. The maximum absolute atomic E-state index is 11.9. The van der Waals surface area contributed by atoms with Crippen LogP contribution in [0.3, 0.4) is 0 Å². The van der Waals surface area contributed by atoms with Gasteiger partial charge in [-0.1, -0.05) is 0 Å². The Morgan fingerprint density at radius 2 is 1.96 bits per heavy atom. The highest BCUT2D eigenvalue weighted by Gasteiger charge is 2.44. The summed E-state index contributed by atoms with van der Waals surface area (Å²) >= 11 is 0. The first-order chi connectivity index (χ1) is 11.7. The van der Waals surface area contributed by atoms with Crippen LogP contribution in [0.25, 0.3) is 0 Å². The van der Waals surface area contributed by atoms with Gasteiger partial charge in [0.05, 0.1) is 6.42 Å². The molecule has 1 aromatic rings. The van der Waals surface area contributed by atoms with Crippen molar-refractivity contribution in [1.82, 2.24) is 14.9 Å². The lowest BCUT2D eigenvalue weighted by Gasteiger charge is -2.17. The van der Waals surface area contributed by atoms with Gasteiger partial charge in [0.2, 0.25) is 5.91 Å². The van der Waals surface area contributed by atoms with E-state index in [2.05, 4.69) is 10.3 Å². The van der Waals surface area contributed by atoms with E-state index in [1.54, 1.807) is 0 Å². The molecule has 25 heavy (non-hydrogen) atoms. The molecule has 0 aliphatic carbocycles. The number of carbonyl (C=O) groups is 2. The van der Waals surface area contributed by atoms with Gasteiger partial charge in [0.1, 0.15) is 18.3 Å². The fourth-order valence-corrected chi connectivity index (χ4v) is 2.43. The number of ether oxygens (including phenoxy) is 1. The molecule has 0 radical (unpaired) electrons. The molecule has 4 atom stereocenters. The number of amides is 1. The van der Waals surface area contributed by atoms with Gasteiger partial charge in [-0.25, -0.2) is 4.79 Å². The summed E-state index contributed by atoms with van der Waals surface area (Å²) in [5.74, 6) is -1.66. The van der Waals surface area contributed by atoms with Gasteiger partial charge in [-0.15, -0.1) is 0 Å². The molecule has 1 aliphatic heterocycles.